The Morgan fingerprint density at radius 1 is 1.13 bits per heavy atom. The molecule has 0 saturated carbocycles. The second-order valence-corrected chi connectivity index (χ2v) is 7.83. The Hall–Kier alpha value is -2.83. The van der Waals surface area contributed by atoms with Crippen molar-refractivity contribution in [3.63, 3.8) is 0 Å². The third-order valence-electron chi connectivity index (χ3n) is 5.05. The molecule has 0 atom stereocenters. The molecule has 1 aromatic carbocycles. The van der Waals surface area contributed by atoms with Gasteiger partial charge < -0.3 is 15.0 Å². The summed E-state index contributed by atoms with van der Waals surface area (Å²) in [6.07, 6.45) is 6.86. The highest BCUT2D eigenvalue weighted by molar-refractivity contribution is 6.42. The largest absolute Gasteiger partial charge is 0.474 e. The minimum atomic E-state index is 0.0972. The standard InChI is InChI=1S/C22H21Cl2N5O/c1-3-14(2)29-8-6-16(7-9-29)30-21-11-17-20(12-25-21)26-13-27-22(17)28-15-4-5-18(23)19(24)10-15/h3-5,10-13,16H,1-2,6-9H2,(H,26,27,28). The molecule has 2 aromatic heterocycles. The van der Waals surface area contributed by atoms with Crippen molar-refractivity contribution in [2.24, 2.45) is 0 Å². The second-order valence-electron chi connectivity index (χ2n) is 7.02. The molecule has 0 aliphatic carbocycles. The number of anilines is 2. The van der Waals surface area contributed by atoms with Gasteiger partial charge in [-0.25, -0.2) is 15.0 Å². The van der Waals surface area contributed by atoms with E-state index in [9.17, 15) is 0 Å². The Morgan fingerprint density at radius 2 is 1.93 bits per heavy atom. The van der Waals surface area contributed by atoms with E-state index in [0.717, 1.165) is 48.2 Å². The van der Waals surface area contributed by atoms with Crippen molar-refractivity contribution in [3.05, 3.63) is 71.8 Å². The van der Waals surface area contributed by atoms with Crippen LogP contribution in [-0.4, -0.2) is 39.0 Å². The molecule has 0 unspecified atom stereocenters. The molecule has 1 aliphatic heterocycles. The van der Waals surface area contributed by atoms with Crippen molar-refractivity contribution in [1.82, 2.24) is 19.9 Å². The fourth-order valence-electron chi connectivity index (χ4n) is 3.38. The first-order valence-corrected chi connectivity index (χ1v) is 10.3. The molecule has 0 spiro atoms. The molecule has 3 heterocycles. The average molecular weight is 442 g/mol. The Bertz CT molecular complexity index is 1100. The van der Waals surface area contributed by atoms with E-state index in [-0.39, 0.29) is 6.10 Å². The van der Waals surface area contributed by atoms with Gasteiger partial charge in [0.25, 0.3) is 0 Å². The van der Waals surface area contributed by atoms with Crippen molar-refractivity contribution < 1.29 is 4.74 Å². The van der Waals surface area contributed by atoms with Gasteiger partial charge in [-0.1, -0.05) is 36.4 Å². The van der Waals surface area contributed by atoms with Crippen molar-refractivity contribution in [2.75, 3.05) is 18.4 Å². The fraction of sp³-hybridized carbons (Fsp3) is 0.227. The zero-order valence-electron chi connectivity index (χ0n) is 16.3. The number of hydrogen-bond acceptors (Lipinski definition) is 6. The minimum absolute atomic E-state index is 0.0972. The van der Waals surface area contributed by atoms with E-state index in [1.165, 1.54) is 6.33 Å². The lowest BCUT2D eigenvalue weighted by molar-refractivity contribution is 0.115. The van der Waals surface area contributed by atoms with Crippen LogP contribution in [0.25, 0.3) is 10.9 Å². The lowest BCUT2D eigenvalue weighted by Gasteiger charge is -2.33. The second kappa shape index (κ2) is 8.90. The van der Waals surface area contributed by atoms with Gasteiger partial charge in [-0.2, -0.15) is 0 Å². The Morgan fingerprint density at radius 3 is 2.67 bits per heavy atom. The normalized spacial score (nSPS) is 14.5. The van der Waals surface area contributed by atoms with Gasteiger partial charge in [-0.15, -0.1) is 0 Å². The van der Waals surface area contributed by atoms with Gasteiger partial charge in [-0.3, -0.25) is 0 Å². The van der Waals surface area contributed by atoms with Gasteiger partial charge >= 0.3 is 0 Å². The van der Waals surface area contributed by atoms with E-state index in [4.69, 9.17) is 27.9 Å². The van der Waals surface area contributed by atoms with Crippen LogP contribution in [-0.2, 0) is 0 Å². The maximum absolute atomic E-state index is 6.15. The summed E-state index contributed by atoms with van der Waals surface area (Å²) in [6, 6.07) is 7.19. The van der Waals surface area contributed by atoms with Crippen LogP contribution >= 0.6 is 23.2 Å². The van der Waals surface area contributed by atoms with Crippen LogP contribution in [0.5, 0.6) is 5.88 Å². The number of aromatic nitrogens is 3. The summed E-state index contributed by atoms with van der Waals surface area (Å²) in [6.45, 7) is 9.57. The van der Waals surface area contributed by atoms with Crippen LogP contribution in [0.4, 0.5) is 11.5 Å². The molecule has 1 saturated heterocycles. The van der Waals surface area contributed by atoms with Crippen LogP contribution < -0.4 is 10.1 Å². The van der Waals surface area contributed by atoms with E-state index in [1.54, 1.807) is 24.4 Å². The van der Waals surface area contributed by atoms with Gasteiger partial charge in [0, 0.05) is 48.8 Å². The molecule has 1 aliphatic rings. The van der Waals surface area contributed by atoms with Crippen LogP contribution in [0.2, 0.25) is 10.0 Å². The lowest BCUT2D eigenvalue weighted by atomic mass is 10.1. The van der Waals surface area contributed by atoms with Gasteiger partial charge in [0.15, 0.2) is 0 Å². The Balaban J connectivity index is 1.52. The molecule has 1 N–H and O–H groups in total. The molecule has 3 aromatic rings. The van der Waals surface area contributed by atoms with Crippen molar-refractivity contribution >= 4 is 45.6 Å². The summed E-state index contributed by atoms with van der Waals surface area (Å²) in [5.74, 6) is 1.19. The van der Waals surface area contributed by atoms with Crippen molar-refractivity contribution in [1.29, 1.82) is 0 Å². The highest BCUT2D eigenvalue weighted by Gasteiger charge is 2.21. The third-order valence-corrected chi connectivity index (χ3v) is 5.79. The SMILES string of the molecule is C=CC(=C)N1CCC(Oc2cc3c(Nc4ccc(Cl)c(Cl)c4)ncnc3cn2)CC1. The van der Waals surface area contributed by atoms with Gasteiger partial charge in [0.1, 0.15) is 18.2 Å². The molecule has 0 bridgehead atoms. The molecule has 0 amide bonds. The van der Waals surface area contributed by atoms with Gasteiger partial charge in [0.05, 0.1) is 21.8 Å². The zero-order chi connectivity index (χ0) is 21.1. The monoisotopic (exact) mass is 441 g/mol. The number of nitrogens with one attached hydrogen (secondary N) is 1. The molecule has 1 fully saturated rings. The quantitative estimate of drug-likeness (QED) is 0.500. The molecule has 154 valence electrons. The van der Waals surface area contributed by atoms with E-state index in [0.29, 0.717) is 21.7 Å². The van der Waals surface area contributed by atoms with E-state index >= 15 is 0 Å². The van der Waals surface area contributed by atoms with Crippen LogP contribution in [0.15, 0.2) is 61.7 Å². The maximum atomic E-state index is 6.15. The Labute approximate surface area is 185 Å². The molecule has 30 heavy (non-hydrogen) atoms. The highest BCUT2D eigenvalue weighted by Crippen LogP contribution is 2.30. The summed E-state index contributed by atoms with van der Waals surface area (Å²) < 4.78 is 6.15. The van der Waals surface area contributed by atoms with E-state index in [2.05, 4.69) is 38.3 Å². The Kier molecular flexibility index (Phi) is 6.06. The number of benzene rings is 1. The summed E-state index contributed by atoms with van der Waals surface area (Å²) in [5.41, 5.74) is 2.45. The smallest absolute Gasteiger partial charge is 0.214 e. The first kappa shape index (κ1) is 20.4. The number of ether oxygens (including phenoxy) is 1. The third kappa shape index (κ3) is 4.50. The first-order chi connectivity index (χ1) is 14.5. The molecule has 8 heteroatoms. The van der Waals surface area contributed by atoms with Gasteiger partial charge in [0.2, 0.25) is 5.88 Å². The number of allylic oxidation sites excluding steroid dienone is 1. The summed E-state index contributed by atoms with van der Waals surface area (Å²) in [5, 5.41) is 5.04. The maximum Gasteiger partial charge on any atom is 0.214 e. The average Bonchev–Trinajstić information content (AvgIpc) is 2.77. The van der Waals surface area contributed by atoms with Crippen LogP contribution in [0.3, 0.4) is 0 Å². The van der Waals surface area contributed by atoms with Crippen molar-refractivity contribution in [2.45, 2.75) is 18.9 Å². The van der Waals surface area contributed by atoms with Crippen molar-refractivity contribution in [3.8, 4) is 5.88 Å². The molecular weight excluding hydrogens is 421 g/mol. The number of hydrogen-bond donors (Lipinski definition) is 1. The van der Waals surface area contributed by atoms with Crippen LogP contribution in [0.1, 0.15) is 12.8 Å². The molecular formula is C22H21Cl2N5O. The highest BCUT2D eigenvalue weighted by atomic mass is 35.5. The number of likely N-dealkylation sites (tertiary alicyclic amines) is 1. The summed E-state index contributed by atoms with van der Waals surface area (Å²) in [7, 11) is 0. The summed E-state index contributed by atoms with van der Waals surface area (Å²) in [4.78, 5) is 15.3. The number of rotatable bonds is 6. The zero-order valence-corrected chi connectivity index (χ0v) is 17.8. The van der Waals surface area contributed by atoms with Crippen LogP contribution in [0, 0.1) is 0 Å². The fourth-order valence-corrected chi connectivity index (χ4v) is 3.67. The molecule has 6 nitrogen and oxygen atoms in total. The lowest BCUT2D eigenvalue weighted by Crippen LogP contribution is -2.37. The number of halogens is 2. The van der Waals surface area contributed by atoms with E-state index < -0.39 is 0 Å². The van der Waals surface area contributed by atoms with Gasteiger partial charge in [-0.05, 0) is 24.3 Å². The molecule has 0 radical (unpaired) electrons. The first-order valence-electron chi connectivity index (χ1n) is 9.59. The molecule has 4 rings (SSSR count). The van der Waals surface area contributed by atoms with E-state index in [1.807, 2.05) is 12.1 Å². The number of nitrogens with zero attached hydrogens (tertiary/aromatic N) is 4. The predicted octanol–water partition coefficient (Wildman–Crippen LogP) is 5.62. The summed E-state index contributed by atoms with van der Waals surface area (Å²) >= 11 is 12.1. The number of piperidine rings is 1. The number of fused-ring (bicyclic) bond motifs is 1. The predicted molar refractivity (Wildman–Crippen MR) is 122 cm³/mol. The topological polar surface area (TPSA) is 63.2 Å². The number of pyridine rings is 1. The minimum Gasteiger partial charge on any atom is -0.474 e.